The summed E-state index contributed by atoms with van der Waals surface area (Å²) in [5.41, 5.74) is 0.980. The van der Waals surface area contributed by atoms with Gasteiger partial charge in [0, 0.05) is 38.8 Å². The molecule has 0 bridgehead atoms. The fourth-order valence-corrected chi connectivity index (χ4v) is 4.59. The highest BCUT2D eigenvalue weighted by Crippen LogP contribution is 2.38. The highest BCUT2D eigenvalue weighted by molar-refractivity contribution is 7.21. The average Bonchev–Trinajstić information content (AvgIpc) is 3.28. The number of thiazole rings is 1. The van der Waals surface area contributed by atoms with E-state index in [-0.39, 0.29) is 25.0 Å². The molecule has 1 N–H and O–H groups in total. The van der Waals surface area contributed by atoms with Gasteiger partial charge in [-0.05, 0) is 24.8 Å². The van der Waals surface area contributed by atoms with Crippen LogP contribution in [0, 0.1) is 6.92 Å². The molecular weight excluding hydrogens is 398 g/mol. The number of ether oxygens (including phenoxy) is 2. The number of methoxy groups -OCH3 is 1. The van der Waals surface area contributed by atoms with Gasteiger partial charge in [0.25, 0.3) is 5.91 Å². The zero-order valence-electron chi connectivity index (χ0n) is 16.1. The van der Waals surface area contributed by atoms with Crippen LogP contribution in [0.4, 0.5) is 0 Å². The first-order valence-corrected chi connectivity index (χ1v) is 10.6. The Morgan fingerprint density at radius 2 is 2.18 bits per heavy atom. The summed E-state index contributed by atoms with van der Waals surface area (Å²) in [6, 6.07) is 3.91. The predicted octanol–water partition coefficient (Wildman–Crippen LogP) is 2.81. The molecule has 2 heterocycles. The Bertz CT molecular complexity index is 982. The fraction of sp³-hybridized carbons (Fsp3) is 0.421. The number of thiophene rings is 1. The second-order valence-corrected chi connectivity index (χ2v) is 8.50. The lowest BCUT2D eigenvalue weighted by atomic mass is 10.2. The molecule has 2 amide bonds. The first kappa shape index (κ1) is 20.5. The normalized spacial score (nSPS) is 11.1. The lowest BCUT2D eigenvalue weighted by Crippen LogP contribution is -2.40. The van der Waals surface area contributed by atoms with Crippen molar-refractivity contribution in [2.45, 2.75) is 13.3 Å². The minimum atomic E-state index is -0.254. The van der Waals surface area contributed by atoms with Crippen LogP contribution in [-0.4, -0.2) is 62.2 Å². The molecule has 0 aliphatic heterocycles. The molecule has 3 rings (SSSR count). The molecule has 0 spiro atoms. The fourth-order valence-electron chi connectivity index (χ4n) is 2.76. The number of aromatic nitrogens is 1. The Labute approximate surface area is 171 Å². The zero-order chi connectivity index (χ0) is 20.1. The number of nitrogens with zero attached hydrogens (tertiary/aromatic N) is 2. The quantitative estimate of drug-likeness (QED) is 0.538. The van der Waals surface area contributed by atoms with Gasteiger partial charge in [0.1, 0.15) is 5.75 Å². The highest BCUT2D eigenvalue weighted by atomic mass is 32.1. The third-order valence-corrected chi connectivity index (χ3v) is 6.01. The van der Waals surface area contributed by atoms with Gasteiger partial charge in [0.05, 0.1) is 26.5 Å². The number of hydrogen-bond acceptors (Lipinski definition) is 7. The molecule has 7 nitrogen and oxygen atoms in total. The molecule has 150 valence electrons. The molecule has 0 aliphatic rings. The number of carbonyl (C=O) groups excluding carboxylic acids is 2. The van der Waals surface area contributed by atoms with Gasteiger partial charge < -0.3 is 19.7 Å². The maximum Gasteiger partial charge on any atom is 0.260 e. The van der Waals surface area contributed by atoms with Crippen LogP contribution < -0.4 is 10.1 Å². The molecule has 0 atom stereocenters. The van der Waals surface area contributed by atoms with Gasteiger partial charge in [0.2, 0.25) is 5.91 Å². The van der Waals surface area contributed by atoms with E-state index in [1.165, 1.54) is 4.90 Å². The molecule has 1 aromatic carbocycles. The predicted molar refractivity (Wildman–Crippen MR) is 112 cm³/mol. The van der Waals surface area contributed by atoms with E-state index >= 15 is 0 Å². The van der Waals surface area contributed by atoms with Crippen molar-refractivity contribution in [3.63, 3.8) is 0 Å². The third kappa shape index (κ3) is 4.78. The second-order valence-electron chi connectivity index (χ2n) is 6.35. The number of rotatable bonds is 9. The molecule has 9 heteroatoms. The zero-order valence-corrected chi connectivity index (χ0v) is 17.7. The molecule has 0 radical (unpaired) electrons. The average molecular weight is 422 g/mol. The topological polar surface area (TPSA) is 80.8 Å². The van der Waals surface area contributed by atoms with Gasteiger partial charge in [-0.3, -0.25) is 9.59 Å². The molecule has 0 saturated heterocycles. The van der Waals surface area contributed by atoms with E-state index in [0.29, 0.717) is 18.9 Å². The number of amides is 2. The number of benzene rings is 1. The van der Waals surface area contributed by atoms with Gasteiger partial charge in [-0.15, -0.1) is 22.7 Å². The van der Waals surface area contributed by atoms with Crippen LogP contribution in [0.2, 0.25) is 0 Å². The highest BCUT2D eigenvalue weighted by Gasteiger charge is 2.16. The van der Waals surface area contributed by atoms with Crippen LogP contribution >= 0.6 is 22.7 Å². The van der Waals surface area contributed by atoms with Crippen LogP contribution in [0.15, 0.2) is 17.5 Å². The van der Waals surface area contributed by atoms with Gasteiger partial charge in [-0.25, -0.2) is 4.98 Å². The number of hydrogen-bond donors (Lipinski definition) is 1. The minimum absolute atomic E-state index is 0.00386. The van der Waals surface area contributed by atoms with Gasteiger partial charge in [-0.1, -0.05) is 0 Å². The smallest absolute Gasteiger partial charge is 0.260 e. The Morgan fingerprint density at radius 3 is 2.96 bits per heavy atom. The first-order valence-electron chi connectivity index (χ1n) is 8.89. The molecule has 2 aromatic heterocycles. The molecule has 0 saturated carbocycles. The molecule has 0 aliphatic carbocycles. The molecule has 3 aromatic rings. The SMILES string of the molecule is COCCCNC(=O)CN(C)C(=O)COc1cc2sc(C)nc2c2sccc12. The summed E-state index contributed by atoms with van der Waals surface area (Å²) >= 11 is 3.21. The Balaban J connectivity index is 1.59. The largest absolute Gasteiger partial charge is 0.483 e. The van der Waals surface area contributed by atoms with E-state index in [9.17, 15) is 9.59 Å². The summed E-state index contributed by atoms with van der Waals surface area (Å²) in [5, 5.41) is 6.70. The van der Waals surface area contributed by atoms with Crippen molar-refractivity contribution in [1.29, 1.82) is 0 Å². The van der Waals surface area contributed by atoms with Crippen molar-refractivity contribution >= 4 is 54.8 Å². The van der Waals surface area contributed by atoms with E-state index in [1.807, 2.05) is 24.4 Å². The Morgan fingerprint density at radius 1 is 1.36 bits per heavy atom. The summed E-state index contributed by atoms with van der Waals surface area (Å²) in [7, 11) is 3.21. The van der Waals surface area contributed by atoms with Crippen LogP contribution in [0.25, 0.3) is 20.3 Å². The number of likely N-dealkylation sites (N-methyl/N-ethyl adjacent to an activating group) is 1. The van der Waals surface area contributed by atoms with Crippen LogP contribution in [-0.2, 0) is 14.3 Å². The van der Waals surface area contributed by atoms with Crippen molar-refractivity contribution in [3.8, 4) is 5.75 Å². The summed E-state index contributed by atoms with van der Waals surface area (Å²) in [6.45, 7) is 2.96. The van der Waals surface area contributed by atoms with Gasteiger partial charge in [0.15, 0.2) is 6.61 Å². The van der Waals surface area contributed by atoms with Gasteiger partial charge >= 0.3 is 0 Å². The summed E-state index contributed by atoms with van der Waals surface area (Å²) < 4.78 is 12.9. The first-order chi connectivity index (χ1) is 13.5. The van der Waals surface area contributed by atoms with Crippen molar-refractivity contribution < 1.29 is 19.1 Å². The van der Waals surface area contributed by atoms with Crippen molar-refractivity contribution in [3.05, 3.63) is 22.5 Å². The number of fused-ring (bicyclic) bond motifs is 3. The monoisotopic (exact) mass is 421 g/mol. The Kier molecular flexibility index (Phi) is 6.82. The standard InChI is InChI=1S/C19H23N3O4S2/c1-12-21-18-15(28-12)9-14(13-5-8-27-19(13)18)26-11-17(24)22(2)10-16(23)20-6-4-7-25-3/h5,8-9H,4,6-7,10-11H2,1-3H3,(H,20,23). The maximum atomic E-state index is 12.4. The molecule has 0 fully saturated rings. The van der Waals surface area contributed by atoms with Crippen LogP contribution in [0.5, 0.6) is 5.75 Å². The summed E-state index contributed by atoms with van der Waals surface area (Å²) in [4.78, 5) is 30.2. The van der Waals surface area contributed by atoms with E-state index in [2.05, 4.69) is 10.3 Å². The van der Waals surface area contributed by atoms with Crippen LogP contribution in [0.3, 0.4) is 0 Å². The van der Waals surface area contributed by atoms with E-state index < -0.39 is 0 Å². The van der Waals surface area contributed by atoms with E-state index in [4.69, 9.17) is 9.47 Å². The lowest BCUT2D eigenvalue weighted by molar-refractivity contribution is -0.136. The van der Waals surface area contributed by atoms with Crippen LogP contribution in [0.1, 0.15) is 11.4 Å². The summed E-state index contributed by atoms with van der Waals surface area (Å²) in [5.74, 6) is 0.211. The minimum Gasteiger partial charge on any atom is -0.483 e. The van der Waals surface area contributed by atoms with Crippen molar-refractivity contribution in [1.82, 2.24) is 15.2 Å². The molecule has 0 unspecified atom stereocenters. The molecule has 28 heavy (non-hydrogen) atoms. The number of aryl methyl sites for hydroxylation is 1. The number of carbonyl (C=O) groups is 2. The molecular formula is C19H23N3O4S2. The van der Waals surface area contributed by atoms with Crippen molar-refractivity contribution in [2.24, 2.45) is 0 Å². The third-order valence-electron chi connectivity index (χ3n) is 4.17. The lowest BCUT2D eigenvalue weighted by Gasteiger charge is -2.17. The van der Waals surface area contributed by atoms with Crippen molar-refractivity contribution in [2.75, 3.05) is 40.5 Å². The van der Waals surface area contributed by atoms with Gasteiger partial charge in [-0.2, -0.15) is 0 Å². The van der Waals surface area contributed by atoms with E-state index in [1.54, 1.807) is 36.8 Å². The number of nitrogens with one attached hydrogen (secondary N) is 1. The summed E-state index contributed by atoms with van der Waals surface area (Å²) in [6.07, 6.45) is 0.735. The van der Waals surface area contributed by atoms with E-state index in [0.717, 1.165) is 31.7 Å². The Hall–Kier alpha value is -2.23. The maximum absolute atomic E-state index is 12.4. The second kappa shape index (κ2) is 9.31.